The fourth-order valence-corrected chi connectivity index (χ4v) is 4.21. The Morgan fingerprint density at radius 1 is 1.19 bits per heavy atom. The van der Waals surface area contributed by atoms with Crippen molar-refractivity contribution in [2.45, 2.75) is 44.4 Å². The average molecular weight is 353 g/mol. The first-order chi connectivity index (χ1) is 12.6. The highest BCUT2D eigenvalue weighted by Crippen LogP contribution is 2.38. The number of hydrogen-bond acceptors (Lipinski definition) is 4. The molecule has 2 heterocycles. The normalized spacial score (nSPS) is 21.9. The van der Waals surface area contributed by atoms with Gasteiger partial charge >= 0.3 is 0 Å². The number of rotatable bonds is 4. The van der Waals surface area contributed by atoms with Crippen molar-refractivity contribution >= 4 is 0 Å². The Morgan fingerprint density at radius 2 is 1.96 bits per heavy atom. The Kier molecular flexibility index (Phi) is 4.63. The summed E-state index contributed by atoms with van der Waals surface area (Å²) in [5.74, 6) is 1.81. The molecule has 138 valence electrons. The summed E-state index contributed by atoms with van der Waals surface area (Å²) in [6, 6.07) is 14.4. The van der Waals surface area contributed by atoms with Crippen LogP contribution in [0.25, 0.3) is 0 Å². The van der Waals surface area contributed by atoms with Crippen LogP contribution in [0.3, 0.4) is 0 Å². The zero-order chi connectivity index (χ0) is 18.1. The molecule has 1 N–H and O–H groups in total. The monoisotopic (exact) mass is 353 g/mol. The highest BCUT2D eigenvalue weighted by atomic mass is 16.5. The Morgan fingerprint density at radius 3 is 2.73 bits per heavy atom. The summed E-state index contributed by atoms with van der Waals surface area (Å²) < 4.78 is 11.2. The number of piperidine rings is 1. The fraction of sp³-hybridized carbons (Fsp3) is 0.455. The first-order valence-corrected chi connectivity index (χ1v) is 9.44. The predicted octanol–water partition coefficient (Wildman–Crippen LogP) is 3.50. The minimum Gasteiger partial charge on any atom is -0.496 e. The molecule has 4 rings (SSSR count). The van der Waals surface area contributed by atoms with E-state index < -0.39 is 5.60 Å². The third kappa shape index (κ3) is 3.31. The number of nitrogens with zero attached hydrogens (tertiary/aromatic N) is 1. The van der Waals surface area contributed by atoms with Crippen molar-refractivity contribution in [3.05, 3.63) is 59.2 Å². The van der Waals surface area contributed by atoms with Crippen LogP contribution in [-0.4, -0.2) is 36.3 Å². The van der Waals surface area contributed by atoms with Crippen molar-refractivity contribution < 1.29 is 14.6 Å². The molecule has 0 bridgehead atoms. The van der Waals surface area contributed by atoms with Crippen molar-refractivity contribution in [3.8, 4) is 11.5 Å². The van der Waals surface area contributed by atoms with Crippen LogP contribution in [0.4, 0.5) is 0 Å². The van der Waals surface area contributed by atoms with Crippen molar-refractivity contribution in [2.75, 3.05) is 20.2 Å². The number of fused-ring (bicyclic) bond motifs is 1. The number of ether oxygens (including phenoxy) is 2. The van der Waals surface area contributed by atoms with E-state index in [0.29, 0.717) is 0 Å². The Balaban J connectivity index is 1.42. The van der Waals surface area contributed by atoms with Crippen molar-refractivity contribution in [2.24, 2.45) is 0 Å². The number of hydrogen-bond donors (Lipinski definition) is 1. The molecule has 4 nitrogen and oxygen atoms in total. The van der Waals surface area contributed by atoms with E-state index in [9.17, 15) is 5.11 Å². The van der Waals surface area contributed by atoms with Gasteiger partial charge in [-0.25, -0.2) is 0 Å². The molecule has 2 aliphatic rings. The van der Waals surface area contributed by atoms with Crippen LogP contribution >= 0.6 is 0 Å². The maximum atomic E-state index is 11.2. The summed E-state index contributed by atoms with van der Waals surface area (Å²) in [5, 5.41) is 11.2. The van der Waals surface area contributed by atoms with Gasteiger partial charge in [-0.15, -0.1) is 0 Å². The number of para-hydroxylation sites is 1. The molecule has 0 aromatic heterocycles. The van der Waals surface area contributed by atoms with Crippen LogP contribution in [0.1, 0.15) is 36.5 Å². The van der Waals surface area contributed by atoms with Gasteiger partial charge in [0.25, 0.3) is 0 Å². The second-order valence-electron chi connectivity index (χ2n) is 7.58. The van der Waals surface area contributed by atoms with Crippen LogP contribution in [0.2, 0.25) is 0 Å². The zero-order valence-corrected chi connectivity index (χ0v) is 15.6. The van der Waals surface area contributed by atoms with E-state index in [0.717, 1.165) is 56.0 Å². The molecule has 2 aromatic carbocycles. The summed E-state index contributed by atoms with van der Waals surface area (Å²) in [6.45, 7) is 4.78. The molecule has 2 aliphatic heterocycles. The highest BCUT2D eigenvalue weighted by molar-refractivity contribution is 5.41. The lowest BCUT2D eigenvalue weighted by molar-refractivity contribution is -0.0292. The van der Waals surface area contributed by atoms with Gasteiger partial charge in [0.15, 0.2) is 0 Å². The maximum Gasteiger partial charge on any atom is 0.124 e. The second kappa shape index (κ2) is 6.93. The van der Waals surface area contributed by atoms with Crippen LogP contribution in [0.5, 0.6) is 11.5 Å². The minimum absolute atomic E-state index is 0.283. The molecule has 1 fully saturated rings. The van der Waals surface area contributed by atoms with Gasteiger partial charge < -0.3 is 14.6 Å². The van der Waals surface area contributed by atoms with Gasteiger partial charge in [-0.05, 0) is 43.0 Å². The summed E-state index contributed by atoms with van der Waals surface area (Å²) in [7, 11) is 1.66. The lowest BCUT2D eigenvalue weighted by atomic mass is 9.83. The third-order valence-electron chi connectivity index (χ3n) is 5.66. The Bertz CT molecular complexity index is 781. The van der Waals surface area contributed by atoms with Gasteiger partial charge in [0.2, 0.25) is 0 Å². The van der Waals surface area contributed by atoms with E-state index in [4.69, 9.17) is 9.47 Å². The molecule has 0 radical (unpaired) electrons. The van der Waals surface area contributed by atoms with E-state index >= 15 is 0 Å². The van der Waals surface area contributed by atoms with Crippen molar-refractivity contribution in [3.63, 3.8) is 0 Å². The summed E-state index contributed by atoms with van der Waals surface area (Å²) in [6.07, 6.45) is 2.72. The Labute approximate surface area is 155 Å². The van der Waals surface area contributed by atoms with Crippen molar-refractivity contribution in [1.82, 2.24) is 4.90 Å². The molecule has 0 aliphatic carbocycles. The number of likely N-dealkylation sites (tertiary alicyclic amines) is 1. The molecule has 0 amide bonds. The molecule has 1 atom stereocenters. The second-order valence-corrected chi connectivity index (χ2v) is 7.58. The summed E-state index contributed by atoms with van der Waals surface area (Å²) in [4.78, 5) is 2.42. The lowest BCUT2D eigenvalue weighted by Gasteiger charge is -2.39. The van der Waals surface area contributed by atoms with Crippen LogP contribution in [0, 0.1) is 0 Å². The summed E-state index contributed by atoms with van der Waals surface area (Å²) in [5.41, 5.74) is 2.75. The standard InChI is InChI=1S/C22H27NO3/c1-16-13-18-14-17(7-8-20(18)26-16)15-23-11-9-22(24,10-12-23)19-5-3-4-6-21(19)25-2/h3-8,14,16,24H,9-13,15H2,1-2H3/t16-/m1/s1. The fourth-order valence-electron chi connectivity index (χ4n) is 4.21. The zero-order valence-electron chi connectivity index (χ0n) is 15.6. The lowest BCUT2D eigenvalue weighted by Crippen LogP contribution is -2.42. The first-order valence-electron chi connectivity index (χ1n) is 9.44. The van der Waals surface area contributed by atoms with E-state index in [-0.39, 0.29) is 6.10 Å². The van der Waals surface area contributed by atoms with Crippen molar-refractivity contribution in [1.29, 1.82) is 0 Å². The number of aliphatic hydroxyl groups is 1. The molecule has 2 aromatic rings. The van der Waals surface area contributed by atoms with Gasteiger partial charge in [0, 0.05) is 31.6 Å². The largest absolute Gasteiger partial charge is 0.496 e. The molecule has 4 heteroatoms. The maximum absolute atomic E-state index is 11.2. The predicted molar refractivity (Wildman–Crippen MR) is 102 cm³/mol. The molecular formula is C22H27NO3. The van der Waals surface area contributed by atoms with E-state index in [1.165, 1.54) is 11.1 Å². The molecule has 1 saturated heterocycles. The quantitative estimate of drug-likeness (QED) is 0.913. The van der Waals surface area contributed by atoms with E-state index in [2.05, 4.69) is 30.0 Å². The van der Waals surface area contributed by atoms with E-state index in [1.807, 2.05) is 24.3 Å². The SMILES string of the molecule is COc1ccccc1C1(O)CCN(Cc2ccc3c(c2)C[C@@H](C)O3)CC1. The molecule has 26 heavy (non-hydrogen) atoms. The molecule has 0 spiro atoms. The van der Waals surface area contributed by atoms with Gasteiger partial charge in [0.1, 0.15) is 17.6 Å². The molecular weight excluding hydrogens is 326 g/mol. The highest BCUT2D eigenvalue weighted by Gasteiger charge is 2.36. The van der Waals surface area contributed by atoms with Gasteiger partial charge in [0.05, 0.1) is 12.7 Å². The first kappa shape index (κ1) is 17.4. The number of methoxy groups -OCH3 is 1. The van der Waals surface area contributed by atoms with Crippen LogP contribution in [-0.2, 0) is 18.6 Å². The van der Waals surface area contributed by atoms with Gasteiger partial charge in [-0.3, -0.25) is 4.90 Å². The summed E-state index contributed by atoms with van der Waals surface area (Å²) >= 11 is 0. The minimum atomic E-state index is -0.801. The molecule has 0 unspecified atom stereocenters. The third-order valence-corrected chi connectivity index (χ3v) is 5.66. The smallest absolute Gasteiger partial charge is 0.124 e. The van der Waals surface area contributed by atoms with Gasteiger partial charge in [-0.1, -0.05) is 30.3 Å². The Hall–Kier alpha value is -2.04. The van der Waals surface area contributed by atoms with Crippen LogP contribution in [0.15, 0.2) is 42.5 Å². The topological polar surface area (TPSA) is 41.9 Å². The number of benzene rings is 2. The average Bonchev–Trinajstić information content (AvgIpc) is 3.03. The van der Waals surface area contributed by atoms with E-state index in [1.54, 1.807) is 7.11 Å². The van der Waals surface area contributed by atoms with Gasteiger partial charge in [-0.2, -0.15) is 0 Å². The molecule has 0 saturated carbocycles. The van der Waals surface area contributed by atoms with Crippen LogP contribution < -0.4 is 9.47 Å².